The number of nitrogens with zero attached hydrogens (tertiary/aromatic N) is 1. The lowest BCUT2D eigenvalue weighted by Crippen LogP contribution is -2.63. The third-order valence-electron chi connectivity index (χ3n) is 3.51. The fraction of sp³-hybridized carbons (Fsp3) is 0.923. The molecule has 1 rings (SSSR count). The van der Waals surface area contributed by atoms with Gasteiger partial charge in [-0.3, -0.25) is 4.79 Å². The van der Waals surface area contributed by atoms with E-state index in [1.807, 2.05) is 41.5 Å². The summed E-state index contributed by atoms with van der Waals surface area (Å²) in [4.78, 5) is 11.7. The number of nitrogens with one attached hydrogen (secondary N) is 1. The van der Waals surface area contributed by atoms with Crippen LogP contribution in [-0.4, -0.2) is 33.3 Å². The summed E-state index contributed by atoms with van der Waals surface area (Å²) in [6.45, 7) is 11.8. The summed E-state index contributed by atoms with van der Waals surface area (Å²) in [6.07, 6.45) is 1.54. The van der Waals surface area contributed by atoms with E-state index in [0.29, 0.717) is 0 Å². The van der Waals surface area contributed by atoms with Crippen molar-refractivity contribution < 1.29 is 10.0 Å². The van der Waals surface area contributed by atoms with E-state index in [4.69, 9.17) is 0 Å². The van der Waals surface area contributed by atoms with Gasteiger partial charge in [0.05, 0.1) is 0 Å². The maximum absolute atomic E-state index is 11.7. The molecule has 1 saturated heterocycles. The minimum atomic E-state index is -0.309. The highest BCUT2D eigenvalue weighted by Gasteiger charge is 2.45. The monoisotopic (exact) mass is 242 g/mol. The van der Waals surface area contributed by atoms with Gasteiger partial charge < -0.3 is 10.5 Å². The number of amides is 1. The molecule has 100 valence electrons. The molecule has 0 atom stereocenters. The van der Waals surface area contributed by atoms with E-state index in [2.05, 4.69) is 5.32 Å². The third-order valence-corrected chi connectivity index (χ3v) is 3.51. The number of carbonyl (C=O) groups excluding carboxylic acids is 1. The van der Waals surface area contributed by atoms with Gasteiger partial charge in [-0.25, -0.2) is 0 Å². The Balaban J connectivity index is 2.75. The molecule has 4 nitrogen and oxygen atoms in total. The van der Waals surface area contributed by atoms with Gasteiger partial charge in [0.15, 0.2) is 0 Å². The Labute approximate surface area is 104 Å². The van der Waals surface area contributed by atoms with Gasteiger partial charge in [-0.2, -0.15) is 5.06 Å². The van der Waals surface area contributed by atoms with Gasteiger partial charge in [0.2, 0.25) is 5.91 Å². The van der Waals surface area contributed by atoms with Gasteiger partial charge in [-0.15, -0.1) is 0 Å². The number of hydrogen-bond donors (Lipinski definition) is 2. The molecule has 2 N–H and O–H groups in total. The van der Waals surface area contributed by atoms with E-state index < -0.39 is 0 Å². The van der Waals surface area contributed by atoms with Crippen molar-refractivity contribution in [1.29, 1.82) is 0 Å². The van der Waals surface area contributed by atoms with Crippen molar-refractivity contribution in [3.05, 3.63) is 0 Å². The van der Waals surface area contributed by atoms with E-state index in [0.717, 1.165) is 12.8 Å². The van der Waals surface area contributed by atoms with Crippen molar-refractivity contribution in [2.45, 2.75) is 71.5 Å². The molecule has 0 unspecified atom stereocenters. The Hall–Kier alpha value is -0.610. The Bertz CT molecular complexity index is 280. The van der Waals surface area contributed by atoms with Crippen LogP contribution in [0, 0.1) is 5.92 Å². The first-order chi connectivity index (χ1) is 7.56. The smallest absolute Gasteiger partial charge is 0.222 e. The first-order valence-corrected chi connectivity index (χ1v) is 6.36. The molecule has 1 aliphatic rings. The van der Waals surface area contributed by atoms with E-state index in [9.17, 15) is 10.0 Å². The SMILES string of the molecule is CC(C)C(=O)NC1CC(C)(C)N(O)C(C)(C)C1. The standard InChI is InChI=1S/C13H26N2O2/c1-9(2)11(16)14-10-7-12(3,4)15(17)13(5,6)8-10/h9-10,17H,7-8H2,1-6H3,(H,14,16). The lowest BCUT2D eigenvalue weighted by molar-refractivity contribution is -0.246. The predicted octanol–water partition coefficient (Wildman–Crippen LogP) is 2.17. The van der Waals surface area contributed by atoms with Gasteiger partial charge in [-0.05, 0) is 40.5 Å². The molecular formula is C13H26N2O2. The van der Waals surface area contributed by atoms with Crippen molar-refractivity contribution in [3.63, 3.8) is 0 Å². The fourth-order valence-electron chi connectivity index (χ4n) is 2.74. The van der Waals surface area contributed by atoms with Crippen LogP contribution < -0.4 is 5.32 Å². The minimum Gasteiger partial charge on any atom is -0.353 e. The first kappa shape index (κ1) is 14.5. The van der Waals surface area contributed by atoms with Crippen molar-refractivity contribution in [2.75, 3.05) is 0 Å². The second-order valence-electron chi connectivity index (χ2n) is 6.71. The first-order valence-electron chi connectivity index (χ1n) is 6.36. The highest BCUT2D eigenvalue weighted by Crippen LogP contribution is 2.36. The summed E-state index contributed by atoms with van der Waals surface area (Å²) < 4.78 is 0. The van der Waals surface area contributed by atoms with E-state index >= 15 is 0 Å². The molecule has 1 fully saturated rings. The van der Waals surface area contributed by atoms with Crippen LogP contribution in [0.25, 0.3) is 0 Å². The predicted molar refractivity (Wildman–Crippen MR) is 67.8 cm³/mol. The maximum Gasteiger partial charge on any atom is 0.222 e. The van der Waals surface area contributed by atoms with Gasteiger partial charge in [0.25, 0.3) is 0 Å². The zero-order chi connectivity index (χ0) is 13.4. The van der Waals surface area contributed by atoms with Crippen LogP contribution in [0.3, 0.4) is 0 Å². The second kappa shape index (κ2) is 4.58. The molecule has 0 aromatic carbocycles. The number of hydroxylamine groups is 2. The molecular weight excluding hydrogens is 216 g/mol. The third kappa shape index (κ3) is 3.19. The van der Waals surface area contributed by atoms with Crippen molar-refractivity contribution in [2.24, 2.45) is 5.92 Å². The van der Waals surface area contributed by atoms with Crippen LogP contribution in [0.5, 0.6) is 0 Å². The van der Waals surface area contributed by atoms with Crippen molar-refractivity contribution in [3.8, 4) is 0 Å². The Morgan fingerprint density at radius 1 is 1.24 bits per heavy atom. The van der Waals surface area contributed by atoms with Gasteiger partial charge >= 0.3 is 0 Å². The molecule has 0 saturated carbocycles. The molecule has 1 amide bonds. The molecule has 4 heteroatoms. The summed E-state index contributed by atoms with van der Waals surface area (Å²) in [6, 6.07) is 0.137. The topological polar surface area (TPSA) is 52.6 Å². The highest BCUT2D eigenvalue weighted by molar-refractivity contribution is 5.78. The fourth-order valence-corrected chi connectivity index (χ4v) is 2.74. The van der Waals surface area contributed by atoms with Crippen LogP contribution in [0.4, 0.5) is 0 Å². The summed E-state index contributed by atoms with van der Waals surface area (Å²) in [7, 11) is 0. The van der Waals surface area contributed by atoms with Gasteiger partial charge in [0.1, 0.15) is 0 Å². The molecule has 0 aliphatic carbocycles. The Morgan fingerprint density at radius 3 is 2.00 bits per heavy atom. The minimum absolute atomic E-state index is 0.00776. The van der Waals surface area contributed by atoms with Crippen LogP contribution in [0.15, 0.2) is 0 Å². The zero-order valence-corrected chi connectivity index (χ0v) is 11.9. The largest absolute Gasteiger partial charge is 0.353 e. The molecule has 17 heavy (non-hydrogen) atoms. The van der Waals surface area contributed by atoms with E-state index in [1.165, 1.54) is 5.06 Å². The average Bonchev–Trinajstić information content (AvgIpc) is 2.12. The molecule has 0 aromatic heterocycles. The highest BCUT2D eigenvalue weighted by atomic mass is 16.5. The lowest BCUT2D eigenvalue weighted by Gasteiger charge is -2.51. The van der Waals surface area contributed by atoms with E-state index in [1.54, 1.807) is 0 Å². The van der Waals surface area contributed by atoms with Crippen LogP contribution in [0.2, 0.25) is 0 Å². The normalized spacial score (nSPS) is 24.9. The molecule has 0 aromatic rings. The number of rotatable bonds is 2. The van der Waals surface area contributed by atoms with Crippen LogP contribution in [0.1, 0.15) is 54.4 Å². The summed E-state index contributed by atoms with van der Waals surface area (Å²) >= 11 is 0. The van der Waals surface area contributed by atoms with Gasteiger partial charge in [-0.1, -0.05) is 13.8 Å². The van der Waals surface area contributed by atoms with E-state index in [-0.39, 0.29) is 28.9 Å². The van der Waals surface area contributed by atoms with Crippen LogP contribution in [-0.2, 0) is 4.79 Å². The summed E-state index contributed by atoms with van der Waals surface area (Å²) in [5, 5.41) is 14.6. The molecule has 1 heterocycles. The van der Waals surface area contributed by atoms with Crippen LogP contribution >= 0.6 is 0 Å². The van der Waals surface area contributed by atoms with Crippen molar-refractivity contribution >= 4 is 5.91 Å². The summed E-state index contributed by atoms with van der Waals surface area (Å²) in [5.74, 6) is 0.0985. The quantitative estimate of drug-likeness (QED) is 0.780. The zero-order valence-electron chi connectivity index (χ0n) is 11.9. The molecule has 0 radical (unpaired) electrons. The molecule has 1 aliphatic heterocycles. The van der Waals surface area contributed by atoms with Gasteiger partial charge in [0, 0.05) is 23.0 Å². The summed E-state index contributed by atoms with van der Waals surface area (Å²) in [5.41, 5.74) is -0.618. The number of carbonyl (C=O) groups is 1. The second-order valence-corrected chi connectivity index (χ2v) is 6.71. The Morgan fingerprint density at radius 2 is 1.65 bits per heavy atom. The van der Waals surface area contributed by atoms with Crippen molar-refractivity contribution in [1.82, 2.24) is 10.4 Å². The average molecular weight is 242 g/mol. The number of piperidine rings is 1. The maximum atomic E-state index is 11.7. The lowest BCUT2D eigenvalue weighted by atomic mass is 9.79. The molecule has 0 bridgehead atoms. The molecule has 0 spiro atoms. The number of hydrogen-bond acceptors (Lipinski definition) is 3. The Kier molecular flexibility index (Phi) is 3.89.